The summed E-state index contributed by atoms with van der Waals surface area (Å²) in [5.41, 5.74) is 9.27. The molecule has 0 heterocycles. The van der Waals surface area contributed by atoms with Crippen molar-refractivity contribution in [1.82, 2.24) is 0 Å². The summed E-state index contributed by atoms with van der Waals surface area (Å²) in [6, 6.07) is 8.38. The first kappa shape index (κ1) is 13.7. The van der Waals surface area contributed by atoms with Crippen molar-refractivity contribution in [3.63, 3.8) is 0 Å². The van der Waals surface area contributed by atoms with Crippen LogP contribution in [-0.2, 0) is 6.61 Å². The second-order valence-electron chi connectivity index (χ2n) is 4.51. The van der Waals surface area contributed by atoms with Crippen molar-refractivity contribution in [3.8, 4) is 5.75 Å². The molecule has 19 heavy (non-hydrogen) atoms. The van der Waals surface area contributed by atoms with Gasteiger partial charge in [-0.25, -0.2) is 4.39 Å². The van der Waals surface area contributed by atoms with E-state index in [0.29, 0.717) is 11.4 Å². The van der Waals surface area contributed by atoms with E-state index in [1.54, 1.807) is 12.1 Å². The van der Waals surface area contributed by atoms with Gasteiger partial charge in [0.1, 0.15) is 18.2 Å². The first-order valence-electron chi connectivity index (χ1n) is 5.91. The fourth-order valence-electron chi connectivity index (χ4n) is 1.79. The Labute approximate surface area is 117 Å². The van der Waals surface area contributed by atoms with E-state index in [2.05, 4.69) is 0 Å². The Bertz CT molecular complexity index is 613. The molecule has 0 saturated carbocycles. The highest BCUT2D eigenvalue weighted by Gasteiger charge is 2.05. The number of halogens is 2. The van der Waals surface area contributed by atoms with E-state index in [-0.39, 0.29) is 11.6 Å². The molecule has 0 unspecified atom stereocenters. The Morgan fingerprint density at radius 2 is 1.89 bits per heavy atom. The van der Waals surface area contributed by atoms with E-state index in [1.165, 1.54) is 12.1 Å². The Kier molecular flexibility index (Phi) is 3.96. The lowest BCUT2D eigenvalue weighted by Crippen LogP contribution is -2.00. The fourth-order valence-corrected chi connectivity index (χ4v) is 1.91. The van der Waals surface area contributed by atoms with Gasteiger partial charge < -0.3 is 10.5 Å². The molecule has 0 spiro atoms. The largest absolute Gasteiger partial charge is 0.489 e. The van der Waals surface area contributed by atoms with Crippen LogP contribution in [0.2, 0.25) is 5.02 Å². The van der Waals surface area contributed by atoms with Crippen molar-refractivity contribution < 1.29 is 9.13 Å². The van der Waals surface area contributed by atoms with Gasteiger partial charge >= 0.3 is 0 Å². The van der Waals surface area contributed by atoms with Crippen LogP contribution in [0.25, 0.3) is 0 Å². The molecule has 0 radical (unpaired) electrons. The summed E-state index contributed by atoms with van der Waals surface area (Å²) < 4.78 is 19.0. The Morgan fingerprint density at radius 3 is 2.58 bits per heavy atom. The third-order valence-electron chi connectivity index (χ3n) is 2.94. The SMILES string of the molecule is Cc1cc(C)c(OCc2ccc(Cl)c(F)c2)cc1N. The number of aryl methyl sites for hydroxylation is 2. The lowest BCUT2D eigenvalue weighted by molar-refractivity contribution is 0.303. The molecule has 2 rings (SSSR count). The van der Waals surface area contributed by atoms with E-state index < -0.39 is 5.82 Å². The summed E-state index contributed by atoms with van der Waals surface area (Å²) in [7, 11) is 0. The van der Waals surface area contributed by atoms with Crippen molar-refractivity contribution in [2.45, 2.75) is 20.5 Å². The van der Waals surface area contributed by atoms with Crippen LogP contribution >= 0.6 is 11.6 Å². The van der Waals surface area contributed by atoms with Crippen molar-refractivity contribution >= 4 is 17.3 Å². The molecular weight excluding hydrogens is 265 g/mol. The van der Waals surface area contributed by atoms with Crippen LogP contribution < -0.4 is 10.5 Å². The molecule has 0 saturated heterocycles. The van der Waals surface area contributed by atoms with Gasteiger partial charge in [0.15, 0.2) is 0 Å². The Balaban J connectivity index is 2.14. The number of nitrogens with two attached hydrogens (primary N) is 1. The minimum Gasteiger partial charge on any atom is -0.489 e. The third kappa shape index (κ3) is 3.18. The highest BCUT2D eigenvalue weighted by molar-refractivity contribution is 6.30. The highest BCUT2D eigenvalue weighted by Crippen LogP contribution is 2.25. The number of anilines is 1. The third-order valence-corrected chi connectivity index (χ3v) is 3.25. The predicted octanol–water partition coefficient (Wildman–Crippen LogP) is 4.26. The molecule has 0 aliphatic carbocycles. The number of hydrogen-bond donors (Lipinski definition) is 1. The zero-order valence-corrected chi connectivity index (χ0v) is 11.6. The maximum atomic E-state index is 13.3. The maximum absolute atomic E-state index is 13.3. The predicted molar refractivity (Wildman–Crippen MR) is 76.1 cm³/mol. The quantitative estimate of drug-likeness (QED) is 0.852. The topological polar surface area (TPSA) is 35.2 Å². The van der Waals surface area contributed by atoms with E-state index >= 15 is 0 Å². The van der Waals surface area contributed by atoms with Gasteiger partial charge in [-0.3, -0.25) is 0 Å². The molecule has 0 aliphatic rings. The van der Waals surface area contributed by atoms with Crippen LogP contribution in [0.5, 0.6) is 5.75 Å². The van der Waals surface area contributed by atoms with Crippen LogP contribution in [0.4, 0.5) is 10.1 Å². The summed E-state index contributed by atoms with van der Waals surface area (Å²) in [4.78, 5) is 0. The lowest BCUT2D eigenvalue weighted by atomic mass is 10.1. The van der Waals surface area contributed by atoms with Gasteiger partial charge in [-0.1, -0.05) is 23.7 Å². The molecule has 0 fully saturated rings. The standard InChI is InChI=1S/C15H15ClFNO/c1-9-5-10(2)15(7-14(9)18)19-8-11-3-4-12(16)13(17)6-11/h3-7H,8,18H2,1-2H3. The fraction of sp³-hybridized carbons (Fsp3) is 0.200. The van der Waals surface area contributed by atoms with E-state index in [9.17, 15) is 4.39 Å². The number of ether oxygens (including phenoxy) is 1. The van der Waals surface area contributed by atoms with Gasteiger partial charge in [0.2, 0.25) is 0 Å². The van der Waals surface area contributed by atoms with Crippen LogP contribution in [0.15, 0.2) is 30.3 Å². The zero-order chi connectivity index (χ0) is 14.0. The van der Waals surface area contributed by atoms with Gasteiger partial charge in [-0.2, -0.15) is 0 Å². The summed E-state index contributed by atoms with van der Waals surface area (Å²) in [6.45, 7) is 4.17. The van der Waals surface area contributed by atoms with Gasteiger partial charge in [0, 0.05) is 11.8 Å². The van der Waals surface area contributed by atoms with Gasteiger partial charge in [-0.15, -0.1) is 0 Å². The van der Waals surface area contributed by atoms with E-state index in [4.69, 9.17) is 22.1 Å². The molecule has 0 aliphatic heterocycles. The smallest absolute Gasteiger partial charge is 0.142 e. The van der Waals surface area contributed by atoms with Crippen molar-refractivity contribution in [1.29, 1.82) is 0 Å². The van der Waals surface area contributed by atoms with Gasteiger partial charge in [0.25, 0.3) is 0 Å². The van der Waals surface area contributed by atoms with Crippen molar-refractivity contribution in [3.05, 3.63) is 57.9 Å². The number of benzene rings is 2. The molecule has 2 aromatic rings. The van der Waals surface area contributed by atoms with Crippen LogP contribution in [0.1, 0.15) is 16.7 Å². The average molecular weight is 280 g/mol. The van der Waals surface area contributed by atoms with E-state index in [0.717, 1.165) is 16.7 Å². The average Bonchev–Trinajstić information content (AvgIpc) is 2.36. The Hall–Kier alpha value is -1.74. The number of nitrogen functional groups attached to an aromatic ring is 1. The summed E-state index contributed by atoms with van der Waals surface area (Å²) in [6.07, 6.45) is 0. The Morgan fingerprint density at radius 1 is 1.16 bits per heavy atom. The van der Waals surface area contributed by atoms with Gasteiger partial charge in [-0.05, 0) is 42.7 Å². The molecule has 100 valence electrons. The zero-order valence-electron chi connectivity index (χ0n) is 10.8. The number of rotatable bonds is 3. The van der Waals surface area contributed by atoms with Crippen molar-refractivity contribution in [2.75, 3.05) is 5.73 Å². The van der Waals surface area contributed by atoms with Crippen molar-refractivity contribution in [2.24, 2.45) is 0 Å². The molecule has 4 heteroatoms. The molecule has 0 aromatic heterocycles. The lowest BCUT2D eigenvalue weighted by Gasteiger charge is -2.12. The summed E-state index contributed by atoms with van der Waals surface area (Å²) in [5.74, 6) is 0.265. The normalized spacial score (nSPS) is 10.5. The second-order valence-corrected chi connectivity index (χ2v) is 4.92. The van der Waals surface area contributed by atoms with Crippen LogP contribution in [-0.4, -0.2) is 0 Å². The van der Waals surface area contributed by atoms with Gasteiger partial charge in [0.05, 0.1) is 5.02 Å². The summed E-state index contributed by atoms with van der Waals surface area (Å²) in [5, 5.41) is 0.111. The molecule has 0 bridgehead atoms. The minimum absolute atomic E-state index is 0.111. The molecular formula is C15H15ClFNO. The molecule has 2 aromatic carbocycles. The van der Waals surface area contributed by atoms with Crippen LogP contribution in [0, 0.1) is 19.7 Å². The number of hydrogen-bond acceptors (Lipinski definition) is 2. The first-order chi connectivity index (χ1) is 8.97. The second kappa shape index (κ2) is 5.49. The molecule has 0 amide bonds. The molecule has 0 atom stereocenters. The van der Waals surface area contributed by atoms with E-state index in [1.807, 2.05) is 19.9 Å². The molecule has 2 nitrogen and oxygen atoms in total. The molecule has 2 N–H and O–H groups in total. The maximum Gasteiger partial charge on any atom is 0.142 e. The first-order valence-corrected chi connectivity index (χ1v) is 6.28. The summed E-state index contributed by atoms with van der Waals surface area (Å²) >= 11 is 5.63. The monoisotopic (exact) mass is 279 g/mol. The highest BCUT2D eigenvalue weighted by atomic mass is 35.5. The van der Waals surface area contributed by atoms with Crippen LogP contribution in [0.3, 0.4) is 0 Å². The minimum atomic E-state index is -0.442.